The Bertz CT molecular complexity index is 373. The van der Waals surface area contributed by atoms with Gasteiger partial charge in [0, 0.05) is 13.7 Å². The number of aromatic nitrogens is 2. The molecule has 0 bridgehead atoms. The number of hydrogen-bond donors (Lipinski definition) is 1. The number of hydrogen-bond acceptors (Lipinski definition) is 5. The number of anilines is 1. The minimum absolute atomic E-state index is 0.131. The molecule has 2 heterocycles. The van der Waals surface area contributed by atoms with E-state index in [1.165, 1.54) is 0 Å². The van der Waals surface area contributed by atoms with Crippen molar-refractivity contribution >= 4 is 11.7 Å². The Morgan fingerprint density at radius 2 is 2.38 bits per heavy atom. The molecular weight excluding hydrogens is 208 g/mol. The van der Waals surface area contributed by atoms with Gasteiger partial charge in [-0.05, 0) is 18.6 Å². The van der Waals surface area contributed by atoms with Crippen LogP contribution in [-0.2, 0) is 4.74 Å². The lowest BCUT2D eigenvalue weighted by molar-refractivity contribution is 0.0704. The predicted octanol–water partition coefficient (Wildman–Crippen LogP) is -0.0803. The molecular formula is C10H14N4O2. The van der Waals surface area contributed by atoms with Crippen LogP contribution in [-0.4, -0.2) is 47.3 Å². The fourth-order valence-electron chi connectivity index (χ4n) is 1.63. The first kappa shape index (κ1) is 10.8. The first-order chi connectivity index (χ1) is 7.68. The van der Waals surface area contributed by atoms with Gasteiger partial charge in [0.25, 0.3) is 5.91 Å². The summed E-state index contributed by atoms with van der Waals surface area (Å²) in [6.07, 6.45) is 0.866. The van der Waals surface area contributed by atoms with E-state index < -0.39 is 0 Å². The molecule has 2 rings (SSSR count). The van der Waals surface area contributed by atoms with Crippen molar-refractivity contribution in [2.24, 2.45) is 0 Å². The van der Waals surface area contributed by atoms with Crippen molar-refractivity contribution in [1.82, 2.24) is 15.1 Å². The molecule has 0 aromatic carbocycles. The molecule has 0 radical (unpaired) electrons. The van der Waals surface area contributed by atoms with Crippen LogP contribution in [0.3, 0.4) is 0 Å². The predicted molar refractivity (Wildman–Crippen MR) is 57.8 cm³/mol. The second-order valence-electron chi connectivity index (χ2n) is 3.78. The Kier molecular flexibility index (Phi) is 3.00. The molecule has 1 aliphatic rings. The Morgan fingerprint density at radius 1 is 1.56 bits per heavy atom. The Hall–Kier alpha value is -1.69. The van der Waals surface area contributed by atoms with Crippen molar-refractivity contribution in [1.29, 1.82) is 0 Å². The van der Waals surface area contributed by atoms with E-state index in [2.05, 4.69) is 10.2 Å². The van der Waals surface area contributed by atoms with Crippen LogP contribution in [0.5, 0.6) is 0 Å². The highest BCUT2D eigenvalue weighted by Crippen LogP contribution is 2.13. The number of carbonyl (C=O) groups is 1. The molecule has 1 fully saturated rings. The van der Waals surface area contributed by atoms with Crippen LogP contribution < -0.4 is 5.73 Å². The first-order valence-corrected chi connectivity index (χ1v) is 5.12. The minimum atomic E-state index is -0.150. The summed E-state index contributed by atoms with van der Waals surface area (Å²) in [4.78, 5) is 13.6. The normalized spacial score (nSPS) is 19.7. The smallest absolute Gasteiger partial charge is 0.274 e. The highest BCUT2D eigenvalue weighted by atomic mass is 16.5. The van der Waals surface area contributed by atoms with E-state index in [1.54, 1.807) is 24.1 Å². The van der Waals surface area contributed by atoms with Gasteiger partial charge < -0.3 is 15.4 Å². The van der Waals surface area contributed by atoms with E-state index in [0.717, 1.165) is 6.42 Å². The molecule has 0 aliphatic carbocycles. The fraction of sp³-hybridized carbons (Fsp3) is 0.500. The van der Waals surface area contributed by atoms with Crippen LogP contribution in [0.2, 0.25) is 0 Å². The lowest BCUT2D eigenvalue weighted by Crippen LogP contribution is -2.37. The third kappa shape index (κ3) is 2.11. The molecule has 6 nitrogen and oxygen atoms in total. The van der Waals surface area contributed by atoms with Gasteiger partial charge in [-0.2, -0.15) is 0 Å². The molecule has 0 spiro atoms. The number of rotatable bonds is 2. The molecule has 1 aromatic rings. The van der Waals surface area contributed by atoms with Crippen molar-refractivity contribution in [3.8, 4) is 0 Å². The number of nitrogen functional groups attached to an aromatic ring is 1. The van der Waals surface area contributed by atoms with Crippen molar-refractivity contribution in [2.45, 2.75) is 12.5 Å². The summed E-state index contributed by atoms with van der Waals surface area (Å²) in [5, 5.41) is 7.42. The van der Waals surface area contributed by atoms with E-state index in [1.807, 2.05) is 0 Å². The van der Waals surface area contributed by atoms with E-state index in [9.17, 15) is 4.79 Å². The molecule has 0 saturated carbocycles. The van der Waals surface area contributed by atoms with Gasteiger partial charge >= 0.3 is 0 Å². The number of ether oxygens (including phenoxy) is 1. The number of nitrogens with zero attached hydrogens (tertiary/aromatic N) is 3. The van der Waals surface area contributed by atoms with E-state index in [-0.39, 0.29) is 11.9 Å². The van der Waals surface area contributed by atoms with Crippen LogP contribution in [0.25, 0.3) is 0 Å². The van der Waals surface area contributed by atoms with E-state index >= 15 is 0 Å². The highest BCUT2D eigenvalue weighted by molar-refractivity contribution is 5.92. The summed E-state index contributed by atoms with van der Waals surface area (Å²) < 4.78 is 5.23. The largest absolute Gasteiger partial charge is 0.382 e. The molecule has 1 unspecified atom stereocenters. The zero-order valence-electron chi connectivity index (χ0n) is 9.09. The number of carbonyl (C=O) groups excluding carboxylic acids is 1. The van der Waals surface area contributed by atoms with Crippen molar-refractivity contribution in [3.05, 3.63) is 17.8 Å². The molecule has 1 atom stereocenters. The van der Waals surface area contributed by atoms with Gasteiger partial charge in [-0.25, -0.2) is 0 Å². The summed E-state index contributed by atoms with van der Waals surface area (Å²) in [7, 11) is 1.75. The zero-order chi connectivity index (χ0) is 11.5. The third-order valence-electron chi connectivity index (χ3n) is 2.68. The van der Waals surface area contributed by atoms with Gasteiger partial charge in [0.05, 0.1) is 12.6 Å². The van der Waals surface area contributed by atoms with Gasteiger partial charge in [0.15, 0.2) is 5.69 Å². The molecule has 1 aromatic heterocycles. The molecule has 16 heavy (non-hydrogen) atoms. The van der Waals surface area contributed by atoms with E-state index in [0.29, 0.717) is 24.7 Å². The van der Waals surface area contributed by atoms with Crippen LogP contribution in [0.1, 0.15) is 16.9 Å². The molecule has 6 heteroatoms. The van der Waals surface area contributed by atoms with Crippen LogP contribution in [0.4, 0.5) is 5.82 Å². The number of nitrogens with two attached hydrogens (primary N) is 1. The SMILES string of the molecule is CN(C(=O)c1ccc(N)nn1)C1CCOC1. The van der Waals surface area contributed by atoms with Gasteiger partial charge in [-0.1, -0.05) is 0 Å². The maximum absolute atomic E-state index is 12.0. The van der Waals surface area contributed by atoms with Crippen LogP contribution in [0.15, 0.2) is 12.1 Å². The van der Waals surface area contributed by atoms with Crippen molar-refractivity contribution in [2.75, 3.05) is 26.0 Å². The van der Waals surface area contributed by atoms with Gasteiger partial charge in [0.1, 0.15) is 5.82 Å². The lowest BCUT2D eigenvalue weighted by Gasteiger charge is -2.22. The quantitative estimate of drug-likeness (QED) is 0.756. The second-order valence-corrected chi connectivity index (χ2v) is 3.78. The molecule has 86 valence electrons. The Labute approximate surface area is 93.4 Å². The van der Waals surface area contributed by atoms with Gasteiger partial charge in [-0.15, -0.1) is 10.2 Å². The highest BCUT2D eigenvalue weighted by Gasteiger charge is 2.25. The van der Waals surface area contributed by atoms with Gasteiger partial charge in [-0.3, -0.25) is 4.79 Å². The average molecular weight is 222 g/mol. The summed E-state index contributed by atoms with van der Waals surface area (Å²) in [6.45, 7) is 1.29. The Balaban J connectivity index is 2.08. The zero-order valence-corrected chi connectivity index (χ0v) is 9.09. The van der Waals surface area contributed by atoms with Crippen molar-refractivity contribution < 1.29 is 9.53 Å². The summed E-state index contributed by atoms with van der Waals surface area (Å²) in [6, 6.07) is 3.28. The van der Waals surface area contributed by atoms with Crippen LogP contribution in [0, 0.1) is 0 Å². The topological polar surface area (TPSA) is 81.3 Å². The maximum Gasteiger partial charge on any atom is 0.274 e. The van der Waals surface area contributed by atoms with Crippen LogP contribution >= 0.6 is 0 Å². The minimum Gasteiger partial charge on any atom is -0.382 e. The average Bonchev–Trinajstić information content (AvgIpc) is 2.81. The standard InChI is InChI=1S/C10H14N4O2/c1-14(7-4-5-16-6-7)10(15)8-2-3-9(11)13-12-8/h2-3,7H,4-6H2,1H3,(H2,11,13). The molecule has 1 amide bonds. The summed E-state index contributed by atoms with van der Waals surface area (Å²) in [5.41, 5.74) is 5.72. The Morgan fingerprint density at radius 3 is 2.94 bits per heavy atom. The van der Waals surface area contributed by atoms with Gasteiger partial charge in [0.2, 0.25) is 0 Å². The van der Waals surface area contributed by atoms with E-state index in [4.69, 9.17) is 10.5 Å². The third-order valence-corrected chi connectivity index (χ3v) is 2.68. The fourth-order valence-corrected chi connectivity index (χ4v) is 1.63. The second kappa shape index (κ2) is 4.44. The monoisotopic (exact) mass is 222 g/mol. The summed E-state index contributed by atoms with van der Waals surface area (Å²) in [5.74, 6) is 0.159. The first-order valence-electron chi connectivity index (χ1n) is 5.12. The number of amides is 1. The maximum atomic E-state index is 12.0. The molecule has 1 aliphatic heterocycles. The molecule has 2 N–H and O–H groups in total. The number of likely N-dealkylation sites (N-methyl/N-ethyl adjacent to an activating group) is 1. The summed E-state index contributed by atoms with van der Waals surface area (Å²) >= 11 is 0. The molecule has 1 saturated heterocycles. The lowest BCUT2D eigenvalue weighted by atomic mass is 10.2. The van der Waals surface area contributed by atoms with Crippen molar-refractivity contribution in [3.63, 3.8) is 0 Å².